The van der Waals surface area contributed by atoms with Crippen molar-refractivity contribution in [2.24, 2.45) is 0 Å². The molecule has 2 fully saturated rings. The lowest BCUT2D eigenvalue weighted by atomic mass is 10.1. The highest BCUT2D eigenvalue weighted by atomic mass is 32.1. The van der Waals surface area contributed by atoms with Crippen molar-refractivity contribution in [1.82, 2.24) is 14.8 Å². The fraction of sp³-hybridized carbons (Fsp3) is 0.500. The molecule has 2 amide bonds. The number of hydrogen-bond donors (Lipinski definition) is 1. The van der Waals surface area contributed by atoms with E-state index < -0.39 is 0 Å². The monoisotopic (exact) mass is 428 g/mol. The van der Waals surface area contributed by atoms with Crippen LogP contribution in [0.25, 0.3) is 11.3 Å². The minimum Gasteiger partial charge on any atom is -0.368 e. The third kappa shape index (κ3) is 4.88. The van der Waals surface area contributed by atoms with Crippen molar-refractivity contribution in [3.05, 3.63) is 34.7 Å². The van der Waals surface area contributed by atoms with E-state index >= 15 is 0 Å². The second-order valence-corrected chi connectivity index (χ2v) is 8.85. The Hall–Kier alpha value is -2.29. The van der Waals surface area contributed by atoms with E-state index in [-0.39, 0.29) is 17.9 Å². The molecule has 2 aliphatic rings. The topological polar surface area (TPSA) is 74.8 Å². The maximum atomic E-state index is 12.5. The maximum Gasteiger partial charge on any atom is 0.251 e. The molecular weight excluding hydrogens is 400 g/mol. The largest absolute Gasteiger partial charge is 0.368 e. The van der Waals surface area contributed by atoms with Gasteiger partial charge in [0, 0.05) is 43.7 Å². The highest BCUT2D eigenvalue weighted by Gasteiger charge is 2.30. The first kappa shape index (κ1) is 21.0. The Labute approximate surface area is 181 Å². The maximum absolute atomic E-state index is 12.5. The summed E-state index contributed by atoms with van der Waals surface area (Å²) < 4.78 is 5.50. The lowest BCUT2D eigenvalue weighted by molar-refractivity contribution is -0.142. The van der Waals surface area contributed by atoms with Gasteiger partial charge in [-0.2, -0.15) is 0 Å². The van der Waals surface area contributed by atoms with Crippen molar-refractivity contribution in [3.63, 3.8) is 0 Å². The molecular formula is C22H28N4O3S. The van der Waals surface area contributed by atoms with Gasteiger partial charge in [-0.15, -0.1) is 11.3 Å². The first-order chi connectivity index (χ1) is 14.5. The van der Waals surface area contributed by atoms with Crippen LogP contribution in [0.15, 0.2) is 23.6 Å². The van der Waals surface area contributed by atoms with Crippen molar-refractivity contribution in [2.75, 3.05) is 44.6 Å². The summed E-state index contributed by atoms with van der Waals surface area (Å²) in [6.07, 6.45) is 1.51. The van der Waals surface area contributed by atoms with Crippen LogP contribution in [0.4, 0.5) is 5.13 Å². The standard InChI is InChI=1S/C22H28N4O3S/c1-15-5-6-17(12-16(15)2)18-14-30-22(23-18)24-20(27)13-25-7-9-26(10-8-25)21(28)19-4-3-11-29-19/h5-6,12,14,19H,3-4,7-11,13H2,1-2H3,(H,23,24,27). The smallest absolute Gasteiger partial charge is 0.251 e. The van der Waals surface area contributed by atoms with Crippen molar-refractivity contribution in [1.29, 1.82) is 0 Å². The Morgan fingerprint density at radius 3 is 2.70 bits per heavy atom. The van der Waals surface area contributed by atoms with E-state index in [0.717, 1.165) is 24.1 Å². The highest BCUT2D eigenvalue weighted by Crippen LogP contribution is 2.26. The Bertz CT molecular complexity index is 915. The van der Waals surface area contributed by atoms with E-state index in [1.54, 1.807) is 0 Å². The van der Waals surface area contributed by atoms with Crippen LogP contribution in [0, 0.1) is 13.8 Å². The predicted octanol–water partition coefficient (Wildman–Crippen LogP) is 2.69. The Morgan fingerprint density at radius 2 is 2.00 bits per heavy atom. The van der Waals surface area contributed by atoms with E-state index in [2.05, 4.69) is 47.2 Å². The van der Waals surface area contributed by atoms with Crippen molar-refractivity contribution < 1.29 is 14.3 Å². The highest BCUT2D eigenvalue weighted by molar-refractivity contribution is 7.14. The molecule has 2 aliphatic heterocycles. The summed E-state index contributed by atoms with van der Waals surface area (Å²) in [5, 5.41) is 5.49. The molecule has 1 aromatic carbocycles. The number of aryl methyl sites for hydroxylation is 2. The number of piperazine rings is 1. The van der Waals surface area contributed by atoms with Crippen LogP contribution in [-0.2, 0) is 14.3 Å². The Morgan fingerprint density at radius 1 is 1.20 bits per heavy atom. The Kier molecular flexibility index (Phi) is 6.46. The average molecular weight is 429 g/mol. The molecule has 1 unspecified atom stereocenters. The molecule has 1 aromatic heterocycles. The third-order valence-corrected chi connectivity index (χ3v) is 6.57. The minimum atomic E-state index is -0.267. The number of hydrogen-bond acceptors (Lipinski definition) is 6. The van der Waals surface area contributed by atoms with Gasteiger partial charge in [0.05, 0.1) is 12.2 Å². The second kappa shape index (κ2) is 9.24. The summed E-state index contributed by atoms with van der Waals surface area (Å²) in [7, 11) is 0. The van der Waals surface area contributed by atoms with Gasteiger partial charge in [0.2, 0.25) is 5.91 Å². The molecule has 1 atom stereocenters. The zero-order valence-corrected chi connectivity index (χ0v) is 18.3. The van der Waals surface area contributed by atoms with Gasteiger partial charge in [-0.05, 0) is 43.9 Å². The number of amides is 2. The Balaban J connectivity index is 1.26. The number of aromatic nitrogens is 1. The minimum absolute atomic E-state index is 0.0742. The number of rotatable bonds is 5. The fourth-order valence-corrected chi connectivity index (χ4v) is 4.56. The molecule has 0 aliphatic carbocycles. The van der Waals surface area contributed by atoms with Crippen LogP contribution < -0.4 is 5.32 Å². The number of nitrogens with zero attached hydrogens (tertiary/aromatic N) is 3. The van der Waals surface area contributed by atoms with Gasteiger partial charge in [-0.25, -0.2) is 4.98 Å². The van der Waals surface area contributed by atoms with E-state index in [0.29, 0.717) is 44.5 Å². The molecule has 0 spiro atoms. The van der Waals surface area contributed by atoms with E-state index in [4.69, 9.17) is 4.74 Å². The molecule has 2 aromatic rings. The van der Waals surface area contributed by atoms with E-state index in [9.17, 15) is 9.59 Å². The first-order valence-corrected chi connectivity index (χ1v) is 11.3. The summed E-state index contributed by atoms with van der Waals surface area (Å²) in [4.78, 5) is 33.4. The number of nitrogens with one attached hydrogen (secondary N) is 1. The van der Waals surface area contributed by atoms with Crippen molar-refractivity contribution in [3.8, 4) is 11.3 Å². The summed E-state index contributed by atoms with van der Waals surface area (Å²) in [5.74, 6) is 0.0214. The molecule has 2 saturated heterocycles. The van der Waals surface area contributed by atoms with Crippen LogP contribution in [0.1, 0.15) is 24.0 Å². The lowest BCUT2D eigenvalue weighted by Gasteiger charge is -2.35. The molecule has 7 nitrogen and oxygen atoms in total. The quantitative estimate of drug-likeness (QED) is 0.793. The van der Waals surface area contributed by atoms with Gasteiger partial charge in [-0.3, -0.25) is 14.5 Å². The number of anilines is 1. The van der Waals surface area contributed by atoms with Crippen LogP contribution in [0.2, 0.25) is 0 Å². The number of benzene rings is 1. The van der Waals surface area contributed by atoms with Crippen molar-refractivity contribution >= 4 is 28.3 Å². The summed E-state index contributed by atoms with van der Waals surface area (Å²) in [5.41, 5.74) is 4.41. The molecule has 4 rings (SSSR count). The van der Waals surface area contributed by atoms with E-state index in [1.807, 2.05) is 10.3 Å². The SMILES string of the molecule is Cc1ccc(-c2csc(NC(=O)CN3CCN(C(=O)C4CCCO4)CC3)n2)cc1C. The summed E-state index contributed by atoms with van der Waals surface area (Å²) in [6.45, 7) is 7.82. The fourth-order valence-electron chi connectivity index (χ4n) is 3.83. The number of carbonyl (C=O) groups excluding carboxylic acids is 2. The molecule has 30 heavy (non-hydrogen) atoms. The molecule has 8 heteroatoms. The molecule has 0 radical (unpaired) electrons. The predicted molar refractivity (Wildman–Crippen MR) is 118 cm³/mol. The van der Waals surface area contributed by atoms with Gasteiger partial charge in [-0.1, -0.05) is 12.1 Å². The van der Waals surface area contributed by atoms with Gasteiger partial charge in [0.15, 0.2) is 5.13 Å². The normalized spacial score (nSPS) is 19.8. The molecule has 3 heterocycles. The zero-order valence-electron chi connectivity index (χ0n) is 17.5. The molecule has 0 bridgehead atoms. The lowest BCUT2D eigenvalue weighted by Crippen LogP contribution is -2.52. The molecule has 0 saturated carbocycles. The number of ether oxygens (including phenoxy) is 1. The number of thiazole rings is 1. The van der Waals surface area contributed by atoms with Crippen LogP contribution in [0.5, 0.6) is 0 Å². The van der Waals surface area contributed by atoms with Crippen molar-refractivity contribution in [2.45, 2.75) is 32.8 Å². The summed E-state index contributed by atoms with van der Waals surface area (Å²) >= 11 is 1.43. The molecule has 160 valence electrons. The van der Waals surface area contributed by atoms with Crippen LogP contribution in [-0.4, -0.2) is 72.0 Å². The third-order valence-electron chi connectivity index (χ3n) is 5.81. The van der Waals surface area contributed by atoms with Crippen LogP contribution in [0.3, 0.4) is 0 Å². The summed E-state index contributed by atoms with van der Waals surface area (Å²) in [6, 6.07) is 6.26. The van der Waals surface area contributed by atoms with E-state index in [1.165, 1.54) is 22.5 Å². The van der Waals surface area contributed by atoms with Gasteiger partial charge in [0.1, 0.15) is 6.10 Å². The van der Waals surface area contributed by atoms with Gasteiger partial charge < -0.3 is 15.0 Å². The molecule has 1 N–H and O–H groups in total. The average Bonchev–Trinajstić information content (AvgIpc) is 3.42. The second-order valence-electron chi connectivity index (χ2n) is 7.99. The van der Waals surface area contributed by atoms with Crippen LogP contribution >= 0.6 is 11.3 Å². The first-order valence-electron chi connectivity index (χ1n) is 10.5. The zero-order chi connectivity index (χ0) is 21.1. The van der Waals surface area contributed by atoms with Gasteiger partial charge in [0.25, 0.3) is 5.91 Å². The van der Waals surface area contributed by atoms with Gasteiger partial charge >= 0.3 is 0 Å². The number of carbonyl (C=O) groups is 2.